The number of fused-ring (bicyclic) bond motifs is 1. The Morgan fingerprint density at radius 2 is 1.90 bits per heavy atom. The number of nitrogens with zero attached hydrogens (tertiary/aromatic N) is 1. The summed E-state index contributed by atoms with van der Waals surface area (Å²) < 4.78 is 0. The summed E-state index contributed by atoms with van der Waals surface area (Å²) in [7, 11) is 1.95. The summed E-state index contributed by atoms with van der Waals surface area (Å²) in [5.74, 6) is 0. The Kier molecular flexibility index (Phi) is 3.68. The summed E-state index contributed by atoms with van der Waals surface area (Å²) in [5.41, 5.74) is 2.30. The van der Waals surface area contributed by atoms with E-state index >= 15 is 0 Å². The van der Waals surface area contributed by atoms with E-state index in [9.17, 15) is 0 Å². The molecule has 100 valence electrons. The van der Waals surface area contributed by atoms with Crippen LogP contribution in [-0.4, -0.2) is 12.0 Å². The molecule has 1 N–H and O–H groups in total. The van der Waals surface area contributed by atoms with Gasteiger partial charge in [0, 0.05) is 22.8 Å². The summed E-state index contributed by atoms with van der Waals surface area (Å²) in [4.78, 5) is 4.36. The Hall–Kier alpha value is -1.90. The van der Waals surface area contributed by atoms with Crippen molar-refractivity contribution in [3.63, 3.8) is 0 Å². The lowest BCUT2D eigenvalue weighted by Gasteiger charge is -2.19. The minimum Gasteiger partial charge on any atom is -0.309 e. The quantitative estimate of drug-likeness (QED) is 0.779. The Morgan fingerprint density at radius 3 is 2.70 bits per heavy atom. The van der Waals surface area contributed by atoms with Crippen LogP contribution in [0.15, 0.2) is 60.9 Å². The molecule has 0 fully saturated rings. The first-order chi connectivity index (χ1) is 9.79. The fourth-order valence-electron chi connectivity index (χ4n) is 2.56. The zero-order valence-electron chi connectivity index (χ0n) is 11.2. The predicted octanol–water partition coefficient (Wildman–Crippen LogP) is 4.20. The van der Waals surface area contributed by atoms with E-state index in [-0.39, 0.29) is 6.04 Å². The van der Waals surface area contributed by atoms with Crippen LogP contribution in [0.5, 0.6) is 0 Å². The number of rotatable bonds is 3. The molecule has 0 aliphatic heterocycles. The van der Waals surface area contributed by atoms with Crippen LogP contribution in [0.3, 0.4) is 0 Å². The van der Waals surface area contributed by atoms with Gasteiger partial charge in [-0.25, -0.2) is 0 Å². The smallest absolute Gasteiger partial charge is 0.0596 e. The number of nitrogens with one attached hydrogen (secondary N) is 1. The van der Waals surface area contributed by atoms with E-state index in [1.807, 2.05) is 43.7 Å². The lowest BCUT2D eigenvalue weighted by atomic mass is 9.96. The van der Waals surface area contributed by atoms with E-state index in [2.05, 4.69) is 34.6 Å². The fourth-order valence-corrected chi connectivity index (χ4v) is 2.76. The average molecular weight is 283 g/mol. The molecule has 0 bridgehead atoms. The van der Waals surface area contributed by atoms with E-state index < -0.39 is 0 Å². The second kappa shape index (κ2) is 5.61. The van der Waals surface area contributed by atoms with Gasteiger partial charge < -0.3 is 5.32 Å². The number of halogens is 1. The van der Waals surface area contributed by atoms with Crippen molar-refractivity contribution in [1.82, 2.24) is 10.3 Å². The van der Waals surface area contributed by atoms with Gasteiger partial charge in [-0.1, -0.05) is 48.0 Å². The molecule has 3 aromatic rings. The second-order valence-corrected chi connectivity index (χ2v) is 5.16. The molecule has 0 saturated carbocycles. The third-order valence-corrected chi connectivity index (χ3v) is 3.72. The number of aromatic nitrogens is 1. The molecular formula is C17H15ClN2. The van der Waals surface area contributed by atoms with Gasteiger partial charge in [0.2, 0.25) is 0 Å². The molecule has 0 radical (unpaired) electrons. The number of pyridine rings is 1. The lowest BCUT2D eigenvalue weighted by molar-refractivity contribution is 0.694. The van der Waals surface area contributed by atoms with Crippen molar-refractivity contribution in [2.75, 3.05) is 7.05 Å². The molecule has 1 aromatic heterocycles. The van der Waals surface area contributed by atoms with Crippen LogP contribution >= 0.6 is 11.6 Å². The summed E-state index contributed by atoms with van der Waals surface area (Å²) in [6.07, 6.45) is 3.81. The summed E-state index contributed by atoms with van der Waals surface area (Å²) in [6, 6.07) is 16.3. The molecule has 0 aliphatic rings. The molecule has 2 aromatic carbocycles. The maximum atomic E-state index is 6.11. The fraction of sp³-hybridized carbons (Fsp3) is 0.118. The Balaban J connectivity index is 2.17. The zero-order chi connectivity index (χ0) is 13.9. The van der Waals surface area contributed by atoms with Crippen LogP contribution < -0.4 is 5.32 Å². The molecule has 0 spiro atoms. The molecule has 20 heavy (non-hydrogen) atoms. The van der Waals surface area contributed by atoms with Crippen molar-refractivity contribution in [1.29, 1.82) is 0 Å². The van der Waals surface area contributed by atoms with Gasteiger partial charge in [-0.2, -0.15) is 0 Å². The number of hydrogen-bond donors (Lipinski definition) is 1. The third-order valence-electron chi connectivity index (χ3n) is 3.48. The van der Waals surface area contributed by atoms with E-state index in [1.165, 1.54) is 5.39 Å². The first-order valence-corrected chi connectivity index (χ1v) is 6.93. The maximum Gasteiger partial charge on any atom is 0.0596 e. The van der Waals surface area contributed by atoms with Crippen molar-refractivity contribution in [3.05, 3.63) is 77.1 Å². The zero-order valence-corrected chi connectivity index (χ0v) is 11.9. The molecule has 3 heteroatoms. The monoisotopic (exact) mass is 282 g/mol. The van der Waals surface area contributed by atoms with Gasteiger partial charge in [0.15, 0.2) is 0 Å². The first-order valence-electron chi connectivity index (χ1n) is 6.55. The molecule has 1 heterocycles. The Bertz CT molecular complexity index is 734. The van der Waals surface area contributed by atoms with Crippen molar-refractivity contribution in [2.24, 2.45) is 0 Å². The summed E-state index contributed by atoms with van der Waals surface area (Å²) in [5, 5.41) is 6.46. The van der Waals surface area contributed by atoms with Crippen molar-refractivity contribution >= 4 is 22.4 Å². The molecule has 3 rings (SSSR count). The normalized spacial score (nSPS) is 12.5. The highest BCUT2D eigenvalue weighted by Gasteiger charge is 2.15. The van der Waals surface area contributed by atoms with Crippen LogP contribution in [0.2, 0.25) is 5.02 Å². The highest BCUT2D eigenvalue weighted by molar-refractivity contribution is 6.30. The maximum absolute atomic E-state index is 6.11. The molecular weight excluding hydrogens is 268 g/mol. The van der Waals surface area contributed by atoms with Crippen molar-refractivity contribution in [3.8, 4) is 0 Å². The molecule has 0 amide bonds. The second-order valence-electron chi connectivity index (χ2n) is 4.73. The average Bonchev–Trinajstić information content (AvgIpc) is 2.48. The predicted molar refractivity (Wildman–Crippen MR) is 84.1 cm³/mol. The van der Waals surface area contributed by atoms with Crippen LogP contribution in [-0.2, 0) is 0 Å². The van der Waals surface area contributed by atoms with Gasteiger partial charge >= 0.3 is 0 Å². The SMILES string of the molecule is CNC(c1cccc(Cl)c1)c1cncc2ccccc12. The van der Waals surface area contributed by atoms with Gasteiger partial charge in [-0.05, 0) is 35.7 Å². The molecule has 1 atom stereocenters. The third kappa shape index (κ3) is 2.40. The van der Waals surface area contributed by atoms with Gasteiger partial charge in [-0.15, -0.1) is 0 Å². The number of benzene rings is 2. The largest absolute Gasteiger partial charge is 0.309 e. The molecule has 2 nitrogen and oxygen atoms in total. The molecule has 0 aliphatic carbocycles. The standard InChI is InChI=1S/C17H15ClN2/c1-19-17(12-6-4-7-14(18)9-12)16-11-20-10-13-5-2-3-8-15(13)16/h2-11,17,19H,1H3. The van der Waals surface area contributed by atoms with Crippen LogP contribution in [0.1, 0.15) is 17.2 Å². The first kappa shape index (κ1) is 13.1. The van der Waals surface area contributed by atoms with Crippen molar-refractivity contribution < 1.29 is 0 Å². The molecule has 0 saturated heterocycles. The lowest BCUT2D eigenvalue weighted by Crippen LogP contribution is -2.18. The van der Waals surface area contributed by atoms with Crippen LogP contribution in [0.25, 0.3) is 10.8 Å². The van der Waals surface area contributed by atoms with E-state index in [0.717, 1.165) is 21.5 Å². The van der Waals surface area contributed by atoms with Crippen LogP contribution in [0.4, 0.5) is 0 Å². The van der Waals surface area contributed by atoms with Crippen LogP contribution in [0, 0.1) is 0 Å². The highest BCUT2D eigenvalue weighted by Crippen LogP contribution is 2.29. The molecule has 1 unspecified atom stereocenters. The van der Waals surface area contributed by atoms with E-state index in [1.54, 1.807) is 0 Å². The summed E-state index contributed by atoms with van der Waals surface area (Å²) >= 11 is 6.11. The highest BCUT2D eigenvalue weighted by atomic mass is 35.5. The topological polar surface area (TPSA) is 24.9 Å². The van der Waals surface area contributed by atoms with Gasteiger partial charge in [0.05, 0.1) is 6.04 Å². The van der Waals surface area contributed by atoms with E-state index in [0.29, 0.717) is 0 Å². The Morgan fingerprint density at radius 1 is 1.05 bits per heavy atom. The van der Waals surface area contributed by atoms with Gasteiger partial charge in [-0.3, -0.25) is 4.98 Å². The van der Waals surface area contributed by atoms with E-state index in [4.69, 9.17) is 11.6 Å². The Labute approximate surface area is 123 Å². The van der Waals surface area contributed by atoms with Gasteiger partial charge in [0.25, 0.3) is 0 Å². The van der Waals surface area contributed by atoms with Crippen molar-refractivity contribution in [2.45, 2.75) is 6.04 Å². The van der Waals surface area contributed by atoms with Gasteiger partial charge in [0.1, 0.15) is 0 Å². The summed E-state index contributed by atoms with van der Waals surface area (Å²) in [6.45, 7) is 0. The number of hydrogen-bond acceptors (Lipinski definition) is 2. The minimum absolute atomic E-state index is 0.0762. The minimum atomic E-state index is 0.0762.